The van der Waals surface area contributed by atoms with E-state index in [9.17, 15) is 4.79 Å². The Hall–Kier alpha value is -2.17. The lowest BCUT2D eigenvalue weighted by molar-refractivity contribution is -0.140. The molecule has 5 nitrogen and oxygen atoms in total. The van der Waals surface area contributed by atoms with Crippen molar-refractivity contribution in [1.82, 2.24) is 19.7 Å². The summed E-state index contributed by atoms with van der Waals surface area (Å²) in [5, 5.41) is 4.40. The van der Waals surface area contributed by atoms with Crippen LogP contribution in [-0.2, 0) is 11.3 Å². The van der Waals surface area contributed by atoms with E-state index in [2.05, 4.69) is 23.1 Å². The third kappa shape index (κ3) is 3.60. The number of likely N-dealkylation sites (tertiary alicyclic amines) is 1. The highest BCUT2D eigenvalue weighted by Crippen LogP contribution is 2.36. The average molecular weight is 340 g/mol. The lowest BCUT2D eigenvalue weighted by Crippen LogP contribution is -2.39. The maximum absolute atomic E-state index is 12.8. The molecule has 0 radical (unpaired) electrons. The molecule has 0 saturated carbocycles. The van der Waals surface area contributed by atoms with Crippen molar-refractivity contribution >= 4 is 5.91 Å². The molecule has 1 atom stereocenters. The number of aryl methyl sites for hydroxylation is 1. The fraction of sp³-hybridized carbons (Fsp3) is 0.550. The molecule has 1 fully saturated rings. The van der Waals surface area contributed by atoms with Crippen LogP contribution in [0.3, 0.4) is 0 Å². The first kappa shape index (κ1) is 17.6. The minimum absolute atomic E-state index is 0.149. The molecule has 2 aromatic rings. The van der Waals surface area contributed by atoms with E-state index >= 15 is 0 Å². The molecular formula is C20H28N4O. The highest BCUT2D eigenvalue weighted by Gasteiger charge is 2.35. The van der Waals surface area contributed by atoms with Crippen LogP contribution < -0.4 is 0 Å². The largest absolute Gasteiger partial charge is 0.335 e. The third-order valence-electron chi connectivity index (χ3n) is 4.74. The number of aromatic nitrogens is 3. The van der Waals surface area contributed by atoms with Gasteiger partial charge in [-0.3, -0.25) is 14.5 Å². The number of carbonyl (C=O) groups is 1. The van der Waals surface area contributed by atoms with Crippen molar-refractivity contribution < 1.29 is 4.79 Å². The SMILES string of the molecule is CCCn1nccc1-c1cc([C@H]2CCCN2C(=O)C(C)(C)C)ccn1. The molecule has 1 aliphatic heterocycles. The Morgan fingerprint density at radius 2 is 2.08 bits per heavy atom. The van der Waals surface area contributed by atoms with Gasteiger partial charge in [-0.25, -0.2) is 0 Å². The van der Waals surface area contributed by atoms with E-state index in [0.717, 1.165) is 43.7 Å². The van der Waals surface area contributed by atoms with Crippen molar-refractivity contribution in [2.45, 2.75) is 59.5 Å². The Morgan fingerprint density at radius 1 is 1.28 bits per heavy atom. The van der Waals surface area contributed by atoms with Gasteiger partial charge < -0.3 is 4.90 Å². The summed E-state index contributed by atoms with van der Waals surface area (Å²) in [7, 11) is 0. The van der Waals surface area contributed by atoms with Gasteiger partial charge in [-0.15, -0.1) is 0 Å². The van der Waals surface area contributed by atoms with Gasteiger partial charge in [0, 0.05) is 30.9 Å². The van der Waals surface area contributed by atoms with Crippen LogP contribution in [0.5, 0.6) is 0 Å². The molecule has 1 saturated heterocycles. The zero-order valence-electron chi connectivity index (χ0n) is 15.7. The van der Waals surface area contributed by atoms with Crippen molar-refractivity contribution in [2.75, 3.05) is 6.54 Å². The molecule has 0 spiro atoms. The summed E-state index contributed by atoms with van der Waals surface area (Å²) in [5.74, 6) is 0.226. The zero-order chi connectivity index (χ0) is 18.0. The first-order chi connectivity index (χ1) is 11.9. The Balaban J connectivity index is 1.91. The molecule has 3 heterocycles. The standard InChI is InChI=1S/C20H28N4O/c1-5-12-24-18(9-11-22-24)16-14-15(8-10-21-16)17-7-6-13-23(17)19(25)20(2,3)4/h8-11,14,17H,5-7,12-13H2,1-4H3/t17-/m1/s1. The van der Waals surface area contributed by atoms with Gasteiger partial charge in [0.25, 0.3) is 0 Å². The molecule has 0 N–H and O–H groups in total. The maximum atomic E-state index is 12.8. The number of nitrogens with zero attached hydrogens (tertiary/aromatic N) is 4. The van der Waals surface area contributed by atoms with Gasteiger partial charge in [0.1, 0.15) is 0 Å². The number of hydrogen-bond acceptors (Lipinski definition) is 3. The molecule has 1 amide bonds. The van der Waals surface area contributed by atoms with Crippen molar-refractivity contribution in [3.05, 3.63) is 36.2 Å². The summed E-state index contributed by atoms with van der Waals surface area (Å²) in [4.78, 5) is 19.4. The van der Waals surface area contributed by atoms with Crippen molar-refractivity contribution in [2.24, 2.45) is 5.41 Å². The van der Waals surface area contributed by atoms with Crippen LogP contribution in [0.15, 0.2) is 30.6 Å². The van der Waals surface area contributed by atoms with Crippen LogP contribution in [0.1, 0.15) is 58.6 Å². The quantitative estimate of drug-likeness (QED) is 0.843. The van der Waals surface area contributed by atoms with E-state index in [1.807, 2.05) is 54.9 Å². The summed E-state index contributed by atoms with van der Waals surface area (Å²) in [6, 6.07) is 6.33. The Kier molecular flexibility index (Phi) is 4.93. The molecule has 0 aliphatic carbocycles. The molecule has 0 bridgehead atoms. The molecule has 0 aromatic carbocycles. The Labute approximate surface area is 150 Å². The van der Waals surface area contributed by atoms with E-state index in [1.165, 1.54) is 5.56 Å². The maximum Gasteiger partial charge on any atom is 0.228 e. The predicted octanol–water partition coefficient (Wildman–Crippen LogP) is 4.06. The topological polar surface area (TPSA) is 51.0 Å². The first-order valence-electron chi connectivity index (χ1n) is 9.21. The third-order valence-corrected chi connectivity index (χ3v) is 4.74. The van der Waals surface area contributed by atoms with E-state index in [4.69, 9.17) is 0 Å². The lowest BCUT2D eigenvalue weighted by Gasteiger charge is -2.31. The minimum Gasteiger partial charge on any atom is -0.335 e. The van der Waals surface area contributed by atoms with E-state index in [1.54, 1.807) is 0 Å². The van der Waals surface area contributed by atoms with E-state index < -0.39 is 0 Å². The summed E-state index contributed by atoms with van der Waals surface area (Å²) in [6.45, 7) is 9.84. The number of rotatable bonds is 4. The van der Waals surface area contributed by atoms with Crippen molar-refractivity contribution in [3.63, 3.8) is 0 Å². The molecule has 134 valence electrons. The molecule has 0 unspecified atom stereocenters. The highest BCUT2D eigenvalue weighted by molar-refractivity contribution is 5.82. The minimum atomic E-state index is -0.349. The molecule has 2 aromatic heterocycles. The van der Waals surface area contributed by atoms with Crippen LogP contribution in [0.4, 0.5) is 0 Å². The molecular weight excluding hydrogens is 312 g/mol. The average Bonchev–Trinajstić information content (AvgIpc) is 3.23. The van der Waals surface area contributed by atoms with E-state index in [0.29, 0.717) is 0 Å². The zero-order valence-corrected chi connectivity index (χ0v) is 15.7. The van der Waals surface area contributed by atoms with Gasteiger partial charge >= 0.3 is 0 Å². The second kappa shape index (κ2) is 6.98. The number of hydrogen-bond donors (Lipinski definition) is 0. The van der Waals surface area contributed by atoms with Gasteiger partial charge in [0.2, 0.25) is 5.91 Å². The Bertz CT molecular complexity index is 744. The summed E-state index contributed by atoms with van der Waals surface area (Å²) in [6.07, 6.45) is 6.78. The Morgan fingerprint density at radius 3 is 2.80 bits per heavy atom. The van der Waals surface area contributed by atoms with Gasteiger partial charge in [-0.2, -0.15) is 5.10 Å². The smallest absolute Gasteiger partial charge is 0.228 e. The van der Waals surface area contributed by atoms with Crippen LogP contribution in [0.25, 0.3) is 11.4 Å². The van der Waals surface area contributed by atoms with Gasteiger partial charge in [0.05, 0.1) is 17.4 Å². The second-order valence-corrected chi connectivity index (χ2v) is 7.82. The molecule has 25 heavy (non-hydrogen) atoms. The normalized spacial score (nSPS) is 17.9. The number of carbonyl (C=O) groups excluding carboxylic acids is 1. The highest BCUT2D eigenvalue weighted by atomic mass is 16.2. The van der Waals surface area contributed by atoms with Crippen LogP contribution >= 0.6 is 0 Å². The van der Waals surface area contributed by atoms with Gasteiger partial charge in [-0.1, -0.05) is 27.7 Å². The monoisotopic (exact) mass is 340 g/mol. The molecule has 1 aliphatic rings. The summed E-state index contributed by atoms with van der Waals surface area (Å²) < 4.78 is 2.00. The predicted molar refractivity (Wildman–Crippen MR) is 98.9 cm³/mol. The van der Waals surface area contributed by atoms with E-state index in [-0.39, 0.29) is 17.4 Å². The molecule has 5 heteroatoms. The number of amides is 1. The fourth-order valence-electron chi connectivity index (χ4n) is 3.52. The van der Waals surface area contributed by atoms with Crippen molar-refractivity contribution in [3.8, 4) is 11.4 Å². The summed E-state index contributed by atoms with van der Waals surface area (Å²) >= 11 is 0. The molecule has 3 rings (SSSR count). The lowest BCUT2D eigenvalue weighted by atomic mass is 9.93. The van der Waals surface area contributed by atoms with Crippen LogP contribution in [0, 0.1) is 5.41 Å². The van der Waals surface area contributed by atoms with Gasteiger partial charge in [0.15, 0.2) is 0 Å². The van der Waals surface area contributed by atoms with Gasteiger partial charge in [-0.05, 0) is 43.0 Å². The fourth-order valence-corrected chi connectivity index (χ4v) is 3.52. The first-order valence-corrected chi connectivity index (χ1v) is 9.21. The second-order valence-electron chi connectivity index (χ2n) is 7.82. The summed E-state index contributed by atoms with van der Waals surface area (Å²) in [5.41, 5.74) is 2.79. The van der Waals surface area contributed by atoms with Crippen molar-refractivity contribution in [1.29, 1.82) is 0 Å². The van der Waals surface area contributed by atoms with Crippen LogP contribution in [-0.4, -0.2) is 32.1 Å². The van der Waals surface area contributed by atoms with Crippen LogP contribution in [0.2, 0.25) is 0 Å². The number of pyridine rings is 1.